The third-order valence-corrected chi connectivity index (χ3v) is 3.05. The number of hydrogen-bond acceptors (Lipinski definition) is 7. The SMILES string of the molecule is CCCNc1nc(N(C)C)nc(N2CCCOCC2)n1. The lowest BCUT2D eigenvalue weighted by Crippen LogP contribution is -2.29. The summed E-state index contributed by atoms with van der Waals surface area (Å²) in [5, 5.41) is 3.24. The smallest absolute Gasteiger partial charge is 0.232 e. The van der Waals surface area contributed by atoms with Crippen LogP contribution in [0.1, 0.15) is 19.8 Å². The third kappa shape index (κ3) is 3.93. The molecular formula is C13H24N6O. The summed E-state index contributed by atoms with van der Waals surface area (Å²) >= 11 is 0. The van der Waals surface area contributed by atoms with Crippen LogP contribution in [0.5, 0.6) is 0 Å². The first-order chi connectivity index (χ1) is 9.70. The van der Waals surface area contributed by atoms with E-state index in [1.165, 1.54) is 0 Å². The molecule has 0 amide bonds. The Morgan fingerprint density at radius 1 is 1.20 bits per heavy atom. The lowest BCUT2D eigenvalue weighted by Gasteiger charge is -2.21. The second-order valence-corrected chi connectivity index (χ2v) is 5.03. The van der Waals surface area contributed by atoms with Crippen LogP contribution in [-0.2, 0) is 4.74 Å². The van der Waals surface area contributed by atoms with E-state index in [0.29, 0.717) is 11.9 Å². The summed E-state index contributed by atoms with van der Waals surface area (Å²) in [6, 6.07) is 0. The Morgan fingerprint density at radius 3 is 2.80 bits per heavy atom. The van der Waals surface area contributed by atoms with Gasteiger partial charge in [-0.1, -0.05) is 6.92 Å². The second-order valence-electron chi connectivity index (χ2n) is 5.03. The van der Waals surface area contributed by atoms with Gasteiger partial charge in [0.25, 0.3) is 0 Å². The molecule has 0 bridgehead atoms. The molecule has 0 aliphatic carbocycles. The maximum absolute atomic E-state index is 5.48. The predicted molar refractivity (Wildman–Crippen MR) is 80.6 cm³/mol. The fourth-order valence-electron chi connectivity index (χ4n) is 1.96. The van der Waals surface area contributed by atoms with Gasteiger partial charge in [0.1, 0.15) is 0 Å². The minimum absolute atomic E-state index is 0.644. The van der Waals surface area contributed by atoms with Crippen LogP contribution in [0.3, 0.4) is 0 Å². The summed E-state index contributed by atoms with van der Waals surface area (Å²) in [7, 11) is 3.88. The van der Waals surface area contributed by atoms with Gasteiger partial charge in [-0.15, -0.1) is 0 Å². The van der Waals surface area contributed by atoms with E-state index in [9.17, 15) is 0 Å². The highest BCUT2D eigenvalue weighted by Crippen LogP contribution is 2.16. The molecule has 7 heteroatoms. The van der Waals surface area contributed by atoms with Crippen molar-refractivity contribution >= 4 is 17.8 Å². The molecule has 112 valence electrons. The fraction of sp³-hybridized carbons (Fsp3) is 0.769. The van der Waals surface area contributed by atoms with E-state index in [1.54, 1.807) is 0 Å². The van der Waals surface area contributed by atoms with Gasteiger partial charge in [-0.25, -0.2) is 0 Å². The Hall–Kier alpha value is -1.63. The summed E-state index contributed by atoms with van der Waals surface area (Å²) < 4.78 is 5.48. The highest BCUT2D eigenvalue weighted by atomic mass is 16.5. The predicted octanol–water partition coefficient (Wildman–Crippen LogP) is 0.986. The topological polar surface area (TPSA) is 66.4 Å². The molecular weight excluding hydrogens is 256 g/mol. The van der Waals surface area contributed by atoms with Crippen molar-refractivity contribution in [3.05, 3.63) is 0 Å². The average Bonchev–Trinajstić information content (AvgIpc) is 2.73. The van der Waals surface area contributed by atoms with Gasteiger partial charge in [-0.3, -0.25) is 0 Å². The molecule has 0 spiro atoms. The van der Waals surface area contributed by atoms with E-state index in [1.807, 2.05) is 19.0 Å². The molecule has 1 aromatic heterocycles. The van der Waals surface area contributed by atoms with Crippen molar-refractivity contribution in [3.63, 3.8) is 0 Å². The minimum atomic E-state index is 0.644. The Kier molecular flexibility index (Phi) is 5.34. The zero-order valence-corrected chi connectivity index (χ0v) is 12.6. The normalized spacial score (nSPS) is 15.8. The molecule has 1 fully saturated rings. The monoisotopic (exact) mass is 280 g/mol. The molecule has 7 nitrogen and oxygen atoms in total. The number of nitrogens with zero attached hydrogens (tertiary/aromatic N) is 5. The van der Waals surface area contributed by atoms with E-state index in [2.05, 4.69) is 32.1 Å². The van der Waals surface area contributed by atoms with Gasteiger partial charge in [0.2, 0.25) is 17.8 Å². The van der Waals surface area contributed by atoms with Crippen LogP contribution < -0.4 is 15.1 Å². The van der Waals surface area contributed by atoms with Crippen molar-refractivity contribution in [1.29, 1.82) is 0 Å². The first-order valence-electron chi connectivity index (χ1n) is 7.20. The standard InChI is InChI=1S/C13H24N6O/c1-4-6-14-11-15-12(18(2)3)17-13(16-11)19-7-5-9-20-10-8-19/h4-10H2,1-3H3,(H,14,15,16,17). The summed E-state index contributed by atoms with van der Waals surface area (Å²) in [6.45, 7) is 6.26. The summed E-state index contributed by atoms with van der Waals surface area (Å²) in [4.78, 5) is 17.6. The van der Waals surface area contributed by atoms with Crippen molar-refractivity contribution < 1.29 is 4.74 Å². The van der Waals surface area contributed by atoms with Crippen LogP contribution >= 0.6 is 0 Å². The van der Waals surface area contributed by atoms with Crippen LogP contribution in [0.25, 0.3) is 0 Å². The van der Waals surface area contributed by atoms with Gasteiger partial charge in [0.05, 0.1) is 6.61 Å². The van der Waals surface area contributed by atoms with Crippen LogP contribution in [0.15, 0.2) is 0 Å². The quantitative estimate of drug-likeness (QED) is 0.862. The number of nitrogens with one attached hydrogen (secondary N) is 1. The summed E-state index contributed by atoms with van der Waals surface area (Å²) in [5.41, 5.74) is 0. The van der Waals surface area contributed by atoms with Crippen LogP contribution in [-0.4, -0.2) is 61.9 Å². The van der Waals surface area contributed by atoms with Crippen molar-refractivity contribution in [1.82, 2.24) is 15.0 Å². The van der Waals surface area contributed by atoms with E-state index < -0.39 is 0 Å². The lowest BCUT2D eigenvalue weighted by atomic mass is 10.4. The maximum Gasteiger partial charge on any atom is 0.232 e. The molecule has 1 aromatic rings. The Bertz CT molecular complexity index is 417. The zero-order valence-electron chi connectivity index (χ0n) is 12.6. The molecule has 1 N–H and O–H groups in total. The molecule has 2 rings (SSSR count). The van der Waals surface area contributed by atoms with Gasteiger partial charge in [-0.2, -0.15) is 15.0 Å². The number of ether oxygens (including phenoxy) is 1. The molecule has 0 radical (unpaired) electrons. The zero-order chi connectivity index (χ0) is 14.4. The van der Waals surface area contributed by atoms with E-state index >= 15 is 0 Å². The van der Waals surface area contributed by atoms with Crippen LogP contribution in [0.4, 0.5) is 17.8 Å². The Balaban J connectivity index is 2.22. The van der Waals surface area contributed by atoms with Crippen molar-refractivity contribution in [3.8, 4) is 0 Å². The largest absolute Gasteiger partial charge is 0.380 e. The van der Waals surface area contributed by atoms with Gasteiger partial charge >= 0.3 is 0 Å². The van der Waals surface area contributed by atoms with E-state index in [-0.39, 0.29) is 0 Å². The van der Waals surface area contributed by atoms with Gasteiger partial charge in [0.15, 0.2) is 0 Å². The molecule has 0 unspecified atom stereocenters. The number of rotatable bonds is 5. The Labute approximate surface area is 120 Å². The van der Waals surface area contributed by atoms with Crippen molar-refractivity contribution in [2.75, 3.05) is 62.1 Å². The van der Waals surface area contributed by atoms with E-state index in [4.69, 9.17) is 4.74 Å². The summed E-state index contributed by atoms with van der Waals surface area (Å²) in [6.07, 6.45) is 2.04. The van der Waals surface area contributed by atoms with Crippen molar-refractivity contribution in [2.24, 2.45) is 0 Å². The third-order valence-electron chi connectivity index (χ3n) is 3.05. The maximum atomic E-state index is 5.48. The number of anilines is 3. The fourth-order valence-corrected chi connectivity index (χ4v) is 1.96. The van der Waals surface area contributed by atoms with Gasteiger partial charge in [-0.05, 0) is 12.8 Å². The van der Waals surface area contributed by atoms with Crippen LogP contribution in [0.2, 0.25) is 0 Å². The molecule has 1 aliphatic rings. The number of hydrogen-bond donors (Lipinski definition) is 1. The lowest BCUT2D eigenvalue weighted by molar-refractivity contribution is 0.152. The average molecular weight is 280 g/mol. The van der Waals surface area contributed by atoms with Crippen LogP contribution in [0, 0.1) is 0 Å². The molecule has 1 aliphatic heterocycles. The van der Waals surface area contributed by atoms with Gasteiger partial charge in [0, 0.05) is 40.3 Å². The minimum Gasteiger partial charge on any atom is -0.380 e. The highest BCUT2D eigenvalue weighted by Gasteiger charge is 2.16. The Morgan fingerprint density at radius 2 is 2.05 bits per heavy atom. The number of aromatic nitrogens is 3. The summed E-state index contributed by atoms with van der Waals surface area (Å²) in [5.74, 6) is 2.05. The van der Waals surface area contributed by atoms with Gasteiger partial charge < -0.3 is 19.9 Å². The highest BCUT2D eigenvalue weighted by molar-refractivity contribution is 5.44. The second kappa shape index (κ2) is 7.23. The molecule has 0 saturated carbocycles. The molecule has 0 aromatic carbocycles. The first-order valence-corrected chi connectivity index (χ1v) is 7.20. The molecule has 2 heterocycles. The van der Waals surface area contributed by atoms with E-state index in [0.717, 1.165) is 51.6 Å². The molecule has 1 saturated heterocycles. The molecule has 20 heavy (non-hydrogen) atoms. The first kappa shape index (κ1) is 14.8. The molecule has 0 atom stereocenters. The van der Waals surface area contributed by atoms with Crippen molar-refractivity contribution in [2.45, 2.75) is 19.8 Å².